The van der Waals surface area contributed by atoms with E-state index < -0.39 is 11.9 Å². The van der Waals surface area contributed by atoms with E-state index >= 15 is 0 Å². The van der Waals surface area contributed by atoms with Gasteiger partial charge in [-0.25, -0.2) is 9.66 Å². The van der Waals surface area contributed by atoms with Gasteiger partial charge >= 0.3 is 5.97 Å². The smallest absolute Gasteiger partial charge is 0.304 e. The van der Waals surface area contributed by atoms with Gasteiger partial charge in [0.1, 0.15) is 5.75 Å². The number of carboxylic acids is 1. The van der Waals surface area contributed by atoms with Crippen molar-refractivity contribution in [3.8, 4) is 5.75 Å². The zero-order valence-corrected chi connectivity index (χ0v) is 17.1. The highest BCUT2D eigenvalue weighted by Crippen LogP contribution is 2.28. The first-order chi connectivity index (χ1) is 14.5. The van der Waals surface area contributed by atoms with Gasteiger partial charge in [0.15, 0.2) is 0 Å². The monoisotopic (exact) mass is 413 g/mol. The number of carboxylic acid groups (broad SMARTS) is 1. The van der Waals surface area contributed by atoms with Crippen LogP contribution >= 0.6 is 0 Å². The molecule has 1 unspecified atom stereocenters. The number of benzene rings is 1. The Labute approximate surface area is 175 Å². The molecule has 9 heteroatoms. The third-order valence-electron chi connectivity index (χ3n) is 5.54. The minimum Gasteiger partial charge on any atom is -0.493 e. The topological polar surface area (TPSA) is 109 Å². The number of hydrogen-bond donors (Lipinski definition) is 3. The summed E-state index contributed by atoms with van der Waals surface area (Å²) in [7, 11) is 0. The molecule has 30 heavy (non-hydrogen) atoms. The van der Waals surface area contributed by atoms with Crippen molar-refractivity contribution in [2.24, 2.45) is 5.92 Å². The fourth-order valence-electron chi connectivity index (χ4n) is 3.99. The normalized spacial score (nSPS) is 18.0. The molecule has 0 saturated heterocycles. The van der Waals surface area contributed by atoms with Gasteiger partial charge in [-0.3, -0.25) is 9.59 Å². The van der Waals surface area contributed by atoms with Gasteiger partial charge in [0.25, 0.3) is 0 Å². The van der Waals surface area contributed by atoms with Crippen LogP contribution in [0, 0.1) is 5.92 Å². The first kappa shape index (κ1) is 20.1. The highest BCUT2D eigenvalue weighted by Gasteiger charge is 2.30. The molecule has 1 aromatic carbocycles. The Morgan fingerprint density at radius 1 is 1.33 bits per heavy atom. The first-order valence-corrected chi connectivity index (χ1v) is 10.3. The quantitative estimate of drug-likeness (QED) is 0.631. The molecule has 1 atom stereocenters. The minimum absolute atomic E-state index is 0.0930. The van der Waals surface area contributed by atoms with Crippen molar-refractivity contribution < 1.29 is 19.4 Å². The summed E-state index contributed by atoms with van der Waals surface area (Å²) < 4.78 is 7.84. The average Bonchev–Trinajstić information content (AvgIpc) is 3.09. The predicted octanol–water partition coefficient (Wildman–Crippen LogP) is 1.47. The van der Waals surface area contributed by atoms with Crippen LogP contribution in [0.1, 0.15) is 30.2 Å². The van der Waals surface area contributed by atoms with Gasteiger partial charge in [-0.15, -0.1) is 0 Å². The molecule has 160 valence electrons. The summed E-state index contributed by atoms with van der Waals surface area (Å²) in [6, 6.07) is 5.81. The fraction of sp³-hybridized carbons (Fsp3) is 0.476. The number of amides is 1. The highest BCUT2D eigenvalue weighted by molar-refractivity contribution is 5.84. The molecule has 0 radical (unpaired) electrons. The largest absolute Gasteiger partial charge is 0.493 e. The van der Waals surface area contributed by atoms with Crippen LogP contribution < -0.4 is 15.5 Å². The van der Waals surface area contributed by atoms with Crippen molar-refractivity contribution in [1.82, 2.24) is 14.6 Å². The number of rotatable bonds is 7. The number of aliphatic carboxylic acids is 1. The van der Waals surface area contributed by atoms with Gasteiger partial charge in [-0.05, 0) is 36.6 Å². The number of nitrogens with zero attached hydrogens (tertiary/aromatic N) is 3. The van der Waals surface area contributed by atoms with Crippen molar-refractivity contribution in [3.05, 3.63) is 41.2 Å². The molecular weight excluding hydrogens is 386 g/mol. The predicted molar refractivity (Wildman–Crippen MR) is 111 cm³/mol. The van der Waals surface area contributed by atoms with Crippen LogP contribution in [0.4, 0.5) is 5.95 Å². The molecule has 0 fully saturated rings. The van der Waals surface area contributed by atoms with Gasteiger partial charge in [-0.1, -0.05) is 6.07 Å². The van der Waals surface area contributed by atoms with E-state index in [1.807, 2.05) is 36.0 Å². The number of anilines is 1. The van der Waals surface area contributed by atoms with Crippen LogP contribution in [0.2, 0.25) is 0 Å². The van der Waals surface area contributed by atoms with Crippen LogP contribution in [0.15, 0.2) is 24.4 Å². The Morgan fingerprint density at radius 3 is 2.97 bits per heavy atom. The number of carbonyl (C=O) groups excluding carboxylic acids is 1. The molecule has 0 bridgehead atoms. The summed E-state index contributed by atoms with van der Waals surface area (Å²) in [4.78, 5) is 30.1. The van der Waals surface area contributed by atoms with E-state index in [1.165, 1.54) is 0 Å². The molecule has 1 amide bonds. The van der Waals surface area contributed by atoms with Crippen LogP contribution in [-0.4, -0.2) is 57.8 Å². The molecule has 2 aromatic rings. The second-order valence-corrected chi connectivity index (χ2v) is 7.64. The lowest BCUT2D eigenvalue weighted by atomic mass is 9.94. The van der Waals surface area contributed by atoms with Gasteiger partial charge in [0.05, 0.1) is 30.8 Å². The van der Waals surface area contributed by atoms with E-state index in [4.69, 9.17) is 9.84 Å². The van der Waals surface area contributed by atoms with Crippen LogP contribution in [-0.2, 0) is 29.0 Å². The van der Waals surface area contributed by atoms with E-state index in [2.05, 4.69) is 15.7 Å². The summed E-state index contributed by atoms with van der Waals surface area (Å²) >= 11 is 0. The van der Waals surface area contributed by atoms with E-state index in [0.717, 1.165) is 41.6 Å². The van der Waals surface area contributed by atoms with Crippen molar-refractivity contribution in [3.63, 3.8) is 0 Å². The van der Waals surface area contributed by atoms with E-state index in [9.17, 15) is 9.59 Å². The number of nitrogens with one attached hydrogen (secondary N) is 2. The first-order valence-electron chi connectivity index (χ1n) is 10.3. The van der Waals surface area contributed by atoms with E-state index in [0.29, 0.717) is 32.5 Å². The standard InChI is InChI=1S/C21H27N5O4/c1-2-25-12-16-10-18(4-3-14(16)9-15(20(25)29)11-19(27)28)30-8-5-17-13-26-21(24-17)22-6-7-23-26/h3-4,10,13,15,23H,2,5-9,11-12H2,1H3,(H,22,24)(H,27,28). The number of imidazole rings is 1. The Balaban J connectivity index is 1.42. The van der Waals surface area contributed by atoms with Crippen LogP contribution in [0.5, 0.6) is 5.75 Å². The third kappa shape index (κ3) is 4.34. The maximum atomic E-state index is 12.7. The molecule has 0 aliphatic carbocycles. The van der Waals surface area contributed by atoms with Crippen molar-refractivity contribution in [2.75, 3.05) is 37.0 Å². The molecule has 0 saturated carbocycles. The Hall–Kier alpha value is -3.23. The van der Waals surface area contributed by atoms with Gasteiger partial charge in [0.2, 0.25) is 11.9 Å². The minimum atomic E-state index is -0.945. The summed E-state index contributed by atoms with van der Waals surface area (Å²) in [5.41, 5.74) is 6.21. The van der Waals surface area contributed by atoms with Crippen molar-refractivity contribution in [2.45, 2.75) is 32.7 Å². The number of hydrogen-bond acceptors (Lipinski definition) is 6. The molecule has 3 N–H and O–H groups in total. The summed E-state index contributed by atoms with van der Waals surface area (Å²) in [5.74, 6) is 0.00372. The Morgan fingerprint density at radius 2 is 2.20 bits per heavy atom. The van der Waals surface area contributed by atoms with Crippen LogP contribution in [0.25, 0.3) is 0 Å². The number of fused-ring (bicyclic) bond motifs is 2. The van der Waals surface area contributed by atoms with Gasteiger partial charge in [-0.2, -0.15) is 0 Å². The maximum Gasteiger partial charge on any atom is 0.304 e. The van der Waals surface area contributed by atoms with Crippen molar-refractivity contribution >= 4 is 17.8 Å². The SMILES string of the molecule is CCN1Cc2cc(OCCc3cn4c(n3)NCCN4)ccc2CC(CC(=O)O)C1=O. The average molecular weight is 413 g/mol. The van der Waals surface area contributed by atoms with Gasteiger partial charge in [0, 0.05) is 32.6 Å². The second-order valence-electron chi connectivity index (χ2n) is 7.64. The lowest BCUT2D eigenvalue weighted by molar-refractivity contribution is -0.144. The molecule has 4 rings (SSSR count). The zero-order chi connectivity index (χ0) is 21.1. The van der Waals surface area contributed by atoms with E-state index in [-0.39, 0.29) is 12.3 Å². The summed E-state index contributed by atoms with van der Waals surface area (Å²) in [5, 5.41) is 12.4. The molecule has 2 aliphatic heterocycles. The molecule has 1 aromatic heterocycles. The molecule has 9 nitrogen and oxygen atoms in total. The van der Waals surface area contributed by atoms with Crippen molar-refractivity contribution in [1.29, 1.82) is 0 Å². The molecule has 2 aliphatic rings. The second kappa shape index (κ2) is 8.64. The molecule has 0 spiro atoms. The molecular formula is C21H27N5O4. The fourth-order valence-corrected chi connectivity index (χ4v) is 3.99. The molecule has 3 heterocycles. The highest BCUT2D eigenvalue weighted by atomic mass is 16.5. The number of aromatic nitrogens is 2. The summed E-state index contributed by atoms with van der Waals surface area (Å²) in [6.45, 7) is 5.14. The van der Waals surface area contributed by atoms with Gasteiger partial charge < -0.3 is 25.5 Å². The maximum absolute atomic E-state index is 12.7. The summed E-state index contributed by atoms with van der Waals surface area (Å²) in [6.07, 6.45) is 2.94. The lowest BCUT2D eigenvalue weighted by Crippen LogP contribution is -2.35. The van der Waals surface area contributed by atoms with Crippen LogP contribution in [0.3, 0.4) is 0 Å². The Bertz CT molecular complexity index is 918. The lowest BCUT2D eigenvalue weighted by Gasteiger charge is -2.22. The number of ether oxygens (including phenoxy) is 1. The Kier molecular flexibility index (Phi) is 5.78. The zero-order valence-electron chi connectivity index (χ0n) is 17.1. The van der Waals surface area contributed by atoms with E-state index in [1.54, 1.807) is 4.90 Å². The number of carbonyl (C=O) groups is 2. The third-order valence-corrected chi connectivity index (χ3v) is 5.54.